The molecule has 0 aliphatic carbocycles. The van der Waals surface area contributed by atoms with Crippen LogP contribution in [0.4, 0.5) is 5.13 Å². The number of thiazole rings is 1. The normalized spacial score (nSPS) is 9.73. The molecule has 0 fully saturated rings. The molecule has 2 N–H and O–H groups in total. The van der Waals surface area contributed by atoms with Gasteiger partial charge in [-0.3, -0.25) is 4.79 Å². The zero-order valence-corrected chi connectivity index (χ0v) is 9.17. The number of carbonyl (C=O) groups is 2. The first kappa shape index (κ1) is 11.4. The Morgan fingerprint density at radius 1 is 1.60 bits per heavy atom. The molecule has 1 amide bonds. The van der Waals surface area contributed by atoms with Crippen molar-refractivity contribution in [3.05, 3.63) is 11.1 Å². The number of nitrogens with one attached hydrogen (secondary N) is 1. The predicted molar refractivity (Wildman–Crippen MR) is 56.3 cm³/mol. The van der Waals surface area contributed by atoms with Crippen molar-refractivity contribution in [1.29, 1.82) is 0 Å². The summed E-state index contributed by atoms with van der Waals surface area (Å²) in [6.07, 6.45) is 1.26. The minimum atomic E-state index is -1.01. The molecule has 0 saturated carbocycles. The van der Waals surface area contributed by atoms with Crippen LogP contribution in [0, 0.1) is 0 Å². The minimum Gasteiger partial charge on any atom is -0.477 e. The molecule has 7 heteroatoms. The second-order valence-corrected chi connectivity index (χ2v) is 4.01. The average molecular weight is 229 g/mol. The van der Waals surface area contributed by atoms with Gasteiger partial charge in [0.1, 0.15) is 4.88 Å². The van der Waals surface area contributed by atoms with Crippen molar-refractivity contribution in [2.24, 2.45) is 0 Å². The zero-order chi connectivity index (χ0) is 11.4. The largest absolute Gasteiger partial charge is 0.477 e. The van der Waals surface area contributed by atoms with E-state index in [-0.39, 0.29) is 17.3 Å². The molecule has 6 nitrogen and oxygen atoms in total. The standard InChI is InChI=1S/C8H11N3O3S/c1-11(2)6(12)4-10-8-9-3-5(15-8)7(13)14/h3H,4H2,1-2H3,(H,9,10)(H,13,14). The predicted octanol–water partition coefficient (Wildman–Crippen LogP) is 0.341. The van der Waals surface area contributed by atoms with Gasteiger partial charge in [0, 0.05) is 14.1 Å². The summed E-state index contributed by atoms with van der Waals surface area (Å²) in [7, 11) is 3.29. The molecule has 1 aromatic heterocycles. The fourth-order valence-electron chi connectivity index (χ4n) is 0.764. The second-order valence-electron chi connectivity index (χ2n) is 2.98. The third-order valence-electron chi connectivity index (χ3n) is 1.61. The van der Waals surface area contributed by atoms with Crippen molar-refractivity contribution in [2.75, 3.05) is 26.0 Å². The third kappa shape index (κ3) is 3.21. The molecule has 0 bridgehead atoms. The Balaban J connectivity index is 2.51. The molecule has 0 spiro atoms. The molecule has 82 valence electrons. The van der Waals surface area contributed by atoms with Crippen molar-refractivity contribution in [2.45, 2.75) is 0 Å². The molecule has 0 aliphatic rings. The number of carboxylic acid groups (broad SMARTS) is 1. The fraction of sp³-hybridized carbons (Fsp3) is 0.375. The van der Waals surface area contributed by atoms with Crippen LogP contribution in [0.3, 0.4) is 0 Å². The summed E-state index contributed by atoms with van der Waals surface area (Å²) < 4.78 is 0. The lowest BCUT2D eigenvalue weighted by atomic mass is 10.5. The Morgan fingerprint density at radius 2 is 2.27 bits per heavy atom. The maximum absolute atomic E-state index is 11.2. The van der Waals surface area contributed by atoms with E-state index >= 15 is 0 Å². The molecule has 0 aromatic carbocycles. The van der Waals surface area contributed by atoms with Gasteiger partial charge in [0.25, 0.3) is 0 Å². The van der Waals surface area contributed by atoms with E-state index in [1.807, 2.05) is 0 Å². The number of hydrogen-bond donors (Lipinski definition) is 2. The van der Waals surface area contributed by atoms with E-state index in [0.717, 1.165) is 11.3 Å². The molecule has 0 atom stereocenters. The average Bonchev–Trinajstić information content (AvgIpc) is 2.62. The molecular weight excluding hydrogens is 218 g/mol. The lowest BCUT2D eigenvalue weighted by Gasteiger charge is -2.09. The topological polar surface area (TPSA) is 82.5 Å². The highest BCUT2D eigenvalue weighted by molar-refractivity contribution is 7.17. The van der Waals surface area contributed by atoms with Gasteiger partial charge >= 0.3 is 5.97 Å². The highest BCUT2D eigenvalue weighted by Crippen LogP contribution is 2.17. The van der Waals surface area contributed by atoms with Crippen molar-refractivity contribution >= 4 is 28.3 Å². The molecular formula is C8H11N3O3S. The van der Waals surface area contributed by atoms with Gasteiger partial charge in [-0.2, -0.15) is 0 Å². The Labute approximate surface area is 90.5 Å². The van der Waals surface area contributed by atoms with E-state index < -0.39 is 5.97 Å². The van der Waals surface area contributed by atoms with Crippen LogP contribution in [-0.2, 0) is 4.79 Å². The van der Waals surface area contributed by atoms with Gasteiger partial charge < -0.3 is 15.3 Å². The maximum Gasteiger partial charge on any atom is 0.347 e. The van der Waals surface area contributed by atoms with Crippen LogP contribution in [0.1, 0.15) is 9.67 Å². The van der Waals surface area contributed by atoms with Crippen LogP contribution in [0.15, 0.2) is 6.20 Å². The first-order valence-electron chi connectivity index (χ1n) is 4.14. The number of carbonyl (C=O) groups excluding carboxylic acids is 1. The molecule has 1 rings (SSSR count). The van der Waals surface area contributed by atoms with Gasteiger partial charge in [-0.15, -0.1) is 0 Å². The van der Waals surface area contributed by atoms with Crippen LogP contribution in [0.5, 0.6) is 0 Å². The number of aromatic nitrogens is 1. The number of rotatable bonds is 4. The maximum atomic E-state index is 11.2. The van der Waals surface area contributed by atoms with Gasteiger partial charge in [0.15, 0.2) is 5.13 Å². The van der Waals surface area contributed by atoms with Gasteiger partial charge in [0.2, 0.25) is 5.91 Å². The summed E-state index contributed by atoms with van der Waals surface area (Å²) in [4.78, 5) is 27.1. The molecule has 1 heterocycles. The fourth-order valence-corrected chi connectivity index (χ4v) is 1.41. The quantitative estimate of drug-likeness (QED) is 0.778. The van der Waals surface area contributed by atoms with E-state index in [1.54, 1.807) is 14.1 Å². The van der Waals surface area contributed by atoms with Gasteiger partial charge in [-0.1, -0.05) is 11.3 Å². The number of hydrogen-bond acceptors (Lipinski definition) is 5. The van der Waals surface area contributed by atoms with E-state index in [1.165, 1.54) is 11.1 Å². The zero-order valence-electron chi connectivity index (χ0n) is 8.35. The Morgan fingerprint density at radius 3 is 2.73 bits per heavy atom. The lowest BCUT2D eigenvalue weighted by Crippen LogP contribution is -2.28. The molecule has 0 unspecified atom stereocenters. The molecule has 1 aromatic rings. The number of anilines is 1. The highest BCUT2D eigenvalue weighted by Gasteiger charge is 2.09. The molecule has 15 heavy (non-hydrogen) atoms. The Bertz CT molecular complexity index is 375. The van der Waals surface area contributed by atoms with Crippen molar-refractivity contribution in [1.82, 2.24) is 9.88 Å². The lowest BCUT2D eigenvalue weighted by molar-refractivity contribution is -0.126. The van der Waals surface area contributed by atoms with Gasteiger partial charge in [-0.25, -0.2) is 9.78 Å². The van der Waals surface area contributed by atoms with Crippen LogP contribution in [0.25, 0.3) is 0 Å². The van der Waals surface area contributed by atoms with Crippen molar-refractivity contribution in [3.8, 4) is 0 Å². The number of aromatic carboxylic acids is 1. The summed E-state index contributed by atoms with van der Waals surface area (Å²) in [6, 6.07) is 0. The first-order valence-corrected chi connectivity index (χ1v) is 4.95. The number of amides is 1. The molecule has 0 aliphatic heterocycles. The summed E-state index contributed by atoms with van der Waals surface area (Å²) in [5, 5.41) is 11.8. The van der Waals surface area contributed by atoms with Crippen LogP contribution in [0.2, 0.25) is 0 Å². The monoisotopic (exact) mass is 229 g/mol. The number of carboxylic acids is 1. The Kier molecular flexibility index (Phi) is 3.62. The summed E-state index contributed by atoms with van der Waals surface area (Å²) in [5.74, 6) is -1.11. The van der Waals surface area contributed by atoms with E-state index in [2.05, 4.69) is 10.3 Å². The smallest absolute Gasteiger partial charge is 0.347 e. The number of nitrogens with zero attached hydrogens (tertiary/aromatic N) is 2. The van der Waals surface area contributed by atoms with Crippen molar-refractivity contribution < 1.29 is 14.7 Å². The third-order valence-corrected chi connectivity index (χ3v) is 2.55. The van der Waals surface area contributed by atoms with Gasteiger partial charge in [0.05, 0.1) is 12.7 Å². The van der Waals surface area contributed by atoms with Crippen LogP contribution >= 0.6 is 11.3 Å². The van der Waals surface area contributed by atoms with E-state index in [4.69, 9.17) is 5.11 Å². The van der Waals surface area contributed by atoms with Crippen LogP contribution in [-0.4, -0.2) is 47.5 Å². The summed E-state index contributed by atoms with van der Waals surface area (Å²) in [5.41, 5.74) is 0. The highest BCUT2D eigenvalue weighted by atomic mass is 32.1. The van der Waals surface area contributed by atoms with Crippen LogP contribution < -0.4 is 5.32 Å². The molecule has 0 radical (unpaired) electrons. The van der Waals surface area contributed by atoms with E-state index in [9.17, 15) is 9.59 Å². The molecule has 0 saturated heterocycles. The number of likely N-dealkylation sites (N-methyl/N-ethyl adjacent to an activating group) is 1. The Hall–Kier alpha value is -1.63. The van der Waals surface area contributed by atoms with Crippen molar-refractivity contribution in [3.63, 3.8) is 0 Å². The minimum absolute atomic E-state index is 0.0953. The summed E-state index contributed by atoms with van der Waals surface area (Å²) >= 11 is 1.00. The van der Waals surface area contributed by atoms with Gasteiger partial charge in [-0.05, 0) is 0 Å². The summed E-state index contributed by atoms with van der Waals surface area (Å²) in [6.45, 7) is 0.111. The first-order chi connectivity index (χ1) is 7.00. The SMILES string of the molecule is CN(C)C(=O)CNc1ncc(C(=O)O)s1. The van der Waals surface area contributed by atoms with E-state index in [0.29, 0.717) is 5.13 Å². The second kappa shape index (κ2) is 4.74.